The first-order valence-corrected chi connectivity index (χ1v) is 5.81. The molecule has 0 saturated heterocycles. The summed E-state index contributed by atoms with van der Waals surface area (Å²) < 4.78 is 6.27. The summed E-state index contributed by atoms with van der Waals surface area (Å²) in [5.74, 6) is 0.986. The molecule has 84 valence electrons. The third kappa shape index (κ3) is 4.16. The minimum Gasteiger partial charge on any atom is -0.472 e. The topological polar surface area (TPSA) is 35.0 Å². The lowest BCUT2D eigenvalue weighted by atomic mass is 10.1. The average molecular weight is 273 g/mol. The Hall–Kier alpha value is -0.640. The highest BCUT2D eigenvalue weighted by Gasteiger charge is 2.15. The van der Waals surface area contributed by atoms with E-state index in [0.29, 0.717) is 16.5 Å². The SMILES string of the molecule is CC(C)c1cc(OC(C)(C)C)nc(Br)n1. The first kappa shape index (κ1) is 12.4. The van der Waals surface area contributed by atoms with Gasteiger partial charge in [0.15, 0.2) is 4.73 Å². The van der Waals surface area contributed by atoms with Crippen molar-refractivity contribution in [2.75, 3.05) is 0 Å². The van der Waals surface area contributed by atoms with Crippen LogP contribution in [0.15, 0.2) is 10.8 Å². The van der Waals surface area contributed by atoms with Crippen molar-refractivity contribution in [3.05, 3.63) is 16.5 Å². The van der Waals surface area contributed by atoms with Crippen molar-refractivity contribution in [3.63, 3.8) is 0 Å². The van der Waals surface area contributed by atoms with Crippen LogP contribution < -0.4 is 4.74 Å². The van der Waals surface area contributed by atoms with E-state index in [1.807, 2.05) is 26.8 Å². The van der Waals surface area contributed by atoms with E-state index in [-0.39, 0.29) is 5.60 Å². The zero-order chi connectivity index (χ0) is 11.6. The summed E-state index contributed by atoms with van der Waals surface area (Å²) in [7, 11) is 0. The van der Waals surface area contributed by atoms with Gasteiger partial charge in [-0.25, -0.2) is 4.98 Å². The van der Waals surface area contributed by atoms with Crippen LogP contribution in [0.5, 0.6) is 5.88 Å². The quantitative estimate of drug-likeness (QED) is 0.773. The number of ether oxygens (including phenoxy) is 1. The molecule has 1 rings (SSSR count). The highest BCUT2D eigenvalue weighted by molar-refractivity contribution is 9.10. The number of hydrogen-bond donors (Lipinski definition) is 0. The number of hydrogen-bond acceptors (Lipinski definition) is 3. The highest BCUT2D eigenvalue weighted by Crippen LogP contribution is 2.22. The molecule has 0 bridgehead atoms. The summed E-state index contributed by atoms with van der Waals surface area (Å²) in [5, 5.41) is 0. The Morgan fingerprint density at radius 3 is 2.33 bits per heavy atom. The summed E-state index contributed by atoms with van der Waals surface area (Å²) in [6.45, 7) is 10.2. The normalized spacial score (nSPS) is 11.9. The van der Waals surface area contributed by atoms with Gasteiger partial charge in [0, 0.05) is 6.07 Å². The minimum absolute atomic E-state index is 0.234. The third-order valence-electron chi connectivity index (χ3n) is 1.70. The van der Waals surface area contributed by atoms with E-state index >= 15 is 0 Å². The van der Waals surface area contributed by atoms with E-state index in [4.69, 9.17) is 4.74 Å². The van der Waals surface area contributed by atoms with Crippen LogP contribution in [0.1, 0.15) is 46.2 Å². The van der Waals surface area contributed by atoms with Crippen LogP contribution in [0.3, 0.4) is 0 Å². The zero-order valence-electron chi connectivity index (χ0n) is 9.84. The predicted octanol–water partition coefficient (Wildman–Crippen LogP) is 3.54. The molecule has 0 unspecified atom stereocenters. The van der Waals surface area contributed by atoms with Crippen LogP contribution in [0.4, 0.5) is 0 Å². The van der Waals surface area contributed by atoms with E-state index < -0.39 is 0 Å². The monoisotopic (exact) mass is 272 g/mol. The van der Waals surface area contributed by atoms with Crippen LogP contribution in [-0.2, 0) is 0 Å². The highest BCUT2D eigenvalue weighted by atomic mass is 79.9. The van der Waals surface area contributed by atoms with Crippen LogP contribution in [0.25, 0.3) is 0 Å². The molecule has 15 heavy (non-hydrogen) atoms. The van der Waals surface area contributed by atoms with Crippen molar-refractivity contribution in [3.8, 4) is 5.88 Å². The van der Waals surface area contributed by atoms with Crippen LogP contribution in [-0.4, -0.2) is 15.6 Å². The molecule has 0 saturated carbocycles. The predicted molar refractivity (Wildman–Crippen MR) is 64.2 cm³/mol. The standard InChI is InChI=1S/C11H17BrN2O/c1-7(2)8-6-9(14-10(12)13-8)15-11(3,4)5/h6-7H,1-5H3. The van der Waals surface area contributed by atoms with Gasteiger partial charge in [0.25, 0.3) is 0 Å². The fraction of sp³-hybridized carbons (Fsp3) is 0.636. The maximum absolute atomic E-state index is 5.69. The lowest BCUT2D eigenvalue weighted by Crippen LogP contribution is -2.23. The lowest BCUT2D eigenvalue weighted by molar-refractivity contribution is 0.123. The molecule has 3 nitrogen and oxygen atoms in total. The first-order valence-electron chi connectivity index (χ1n) is 5.01. The zero-order valence-corrected chi connectivity index (χ0v) is 11.4. The molecule has 4 heteroatoms. The molecule has 1 heterocycles. The van der Waals surface area contributed by atoms with Gasteiger partial charge in [-0.05, 0) is 42.6 Å². The molecule has 0 aromatic carbocycles. The molecular weight excluding hydrogens is 256 g/mol. The van der Waals surface area contributed by atoms with Gasteiger partial charge < -0.3 is 4.74 Å². The van der Waals surface area contributed by atoms with Crippen molar-refractivity contribution >= 4 is 15.9 Å². The van der Waals surface area contributed by atoms with Gasteiger partial charge in [-0.2, -0.15) is 4.98 Å². The summed E-state index contributed by atoms with van der Waals surface area (Å²) in [5.41, 5.74) is 0.748. The van der Waals surface area contributed by atoms with E-state index in [0.717, 1.165) is 5.69 Å². The second-order valence-corrected chi connectivity index (χ2v) is 5.48. The largest absolute Gasteiger partial charge is 0.472 e. The summed E-state index contributed by atoms with van der Waals surface area (Å²) in [6, 6.07) is 1.89. The summed E-state index contributed by atoms with van der Waals surface area (Å²) in [4.78, 5) is 8.47. The number of halogens is 1. The number of nitrogens with zero attached hydrogens (tertiary/aromatic N) is 2. The van der Waals surface area contributed by atoms with E-state index in [9.17, 15) is 0 Å². The van der Waals surface area contributed by atoms with Gasteiger partial charge in [-0.15, -0.1) is 0 Å². The Bertz CT molecular complexity index is 345. The smallest absolute Gasteiger partial charge is 0.218 e. The fourth-order valence-corrected chi connectivity index (χ4v) is 1.45. The molecule has 0 aliphatic heterocycles. The molecule has 0 fully saturated rings. The maximum Gasteiger partial charge on any atom is 0.218 e. The van der Waals surface area contributed by atoms with Crippen LogP contribution in [0.2, 0.25) is 0 Å². The molecule has 0 aliphatic rings. The Balaban J connectivity index is 2.99. The number of rotatable bonds is 2. The van der Waals surface area contributed by atoms with Crippen molar-refractivity contribution < 1.29 is 4.74 Å². The molecule has 0 aliphatic carbocycles. The Morgan fingerprint density at radius 2 is 1.87 bits per heavy atom. The van der Waals surface area contributed by atoms with Crippen molar-refractivity contribution in [1.82, 2.24) is 9.97 Å². The average Bonchev–Trinajstić information content (AvgIpc) is 1.99. The van der Waals surface area contributed by atoms with E-state index in [1.165, 1.54) is 0 Å². The van der Waals surface area contributed by atoms with Crippen molar-refractivity contribution in [1.29, 1.82) is 0 Å². The molecule has 0 N–H and O–H groups in total. The number of aromatic nitrogens is 2. The van der Waals surface area contributed by atoms with Gasteiger partial charge in [0.05, 0.1) is 5.69 Å². The van der Waals surface area contributed by atoms with Gasteiger partial charge >= 0.3 is 0 Å². The van der Waals surface area contributed by atoms with Gasteiger partial charge in [-0.1, -0.05) is 13.8 Å². The second kappa shape index (κ2) is 4.47. The summed E-state index contributed by atoms with van der Waals surface area (Å²) in [6.07, 6.45) is 0. The van der Waals surface area contributed by atoms with Crippen LogP contribution >= 0.6 is 15.9 Å². The minimum atomic E-state index is -0.234. The summed E-state index contributed by atoms with van der Waals surface area (Å²) >= 11 is 3.29. The van der Waals surface area contributed by atoms with Crippen molar-refractivity contribution in [2.45, 2.75) is 46.1 Å². The van der Waals surface area contributed by atoms with Gasteiger partial charge in [0.1, 0.15) is 5.60 Å². The molecule has 0 spiro atoms. The van der Waals surface area contributed by atoms with Gasteiger partial charge in [-0.3, -0.25) is 0 Å². The molecular formula is C11H17BrN2O. The second-order valence-electron chi connectivity index (χ2n) is 4.77. The van der Waals surface area contributed by atoms with Crippen molar-refractivity contribution in [2.24, 2.45) is 0 Å². The first-order chi connectivity index (χ1) is 6.78. The lowest BCUT2D eigenvalue weighted by Gasteiger charge is -2.20. The molecule has 0 atom stereocenters. The fourth-order valence-electron chi connectivity index (χ4n) is 1.08. The molecule has 0 amide bonds. The van der Waals surface area contributed by atoms with Gasteiger partial charge in [0.2, 0.25) is 5.88 Å². The Labute approximate surface area is 99.4 Å². The maximum atomic E-state index is 5.69. The third-order valence-corrected chi connectivity index (χ3v) is 2.05. The van der Waals surface area contributed by atoms with Crippen LogP contribution in [0, 0.1) is 0 Å². The Kier molecular flexibility index (Phi) is 3.71. The molecule has 0 radical (unpaired) electrons. The molecule has 1 aromatic heterocycles. The Morgan fingerprint density at radius 1 is 1.27 bits per heavy atom. The van der Waals surface area contributed by atoms with E-state index in [2.05, 4.69) is 39.7 Å². The molecule has 1 aromatic rings. The van der Waals surface area contributed by atoms with E-state index in [1.54, 1.807) is 0 Å².